The van der Waals surface area contributed by atoms with Gasteiger partial charge in [-0.3, -0.25) is 0 Å². The van der Waals surface area contributed by atoms with E-state index in [1.807, 2.05) is 30.3 Å². The number of nitro groups is 1. The molecule has 7 nitrogen and oxygen atoms in total. The average Bonchev–Trinajstić information content (AvgIpc) is 2.72. The molecule has 1 heterocycles. The van der Waals surface area contributed by atoms with Gasteiger partial charge in [0.25, 0.3) is 5.82 Å². The topological polar surface area (TPSA) is 87.0 Å². The van der Waals surface area contributed by atoms with Gasteiger partial charge >= 0.3 is 5.82 Å². The van der Waals surface area contributed by atoms with Gasteiger partial charge in [0, 0.05) is 5.56 Å². The van der Waals surface area contributed by atoms with Crippen LogP contribution in [0.3, 0.4) is 0 Å². The first-order chi connectivity index (χ1) is 9.08. The van der Waals surface area contributed by atoms with E-state index in [2.05, 4.69) is 4.98 Å². The van der Waals surface area contributed by atoms with Crippen LogP contribution >= 0.6 is 0 Å². The summed E-state index contributed by atoms with van der Waals surface area (Å²) in [6.45, 7) is 0.168. The normalized spacial score (nSPS) is 11.5. The van der Waals surface area contributed by atoms with Crippen molar-refractivity contribution in [2.45, 2.75) is 6.54 Å². The molecule has 19 heavy (non-hydrogen) atoms. The first-order valence-corrected chi connectivity index (χ1v) is 5.56. The number of benzene rings is 1. The van der Waals surface area contributed by atoms with E-state index in [-0.39, 0.29) is 18.2 Å². The van der Waals surface area contributed by atoms with Crippen LogP contribution in [0.4, 0.5) is 5.82 Å². The minimum atomic E-state index is -0.545. The van der Waals surface area contributed by atoms with Crippen LogP contribution in [0.5, 0.6) is 0 Å². The molecular formula is C12H12N4O3. The summed E-state index contributed by atoms with van der Waals surface area (Å²) in [5.74, 6) is 0.0944. The van der Waals surface area contributed by atoms with Gasteiger partial charge in [-0.25, -0.2) is 14.3 Å². The summed E-state index contributed by atoms with van der Waals surface area (Å²) >= 11 is 0. The van der Waals surface area contributed by atoms with E-state index < -0.39 is 4.92 Å². The van der Waals surface area contributed by atoms with Crippen molar-refractivity contribution >= 4 is 12.0 Å². The monoisotopic (exact) mass is 260 g/mol. The summed E-state index contributed by atoms with van der Waals surface area (Å²) in [5, 5.41) is 22.4. The second-order valence-electron chi connectivity index (χ2n) is 3.98. The number of hydroxylamine groups is 1. The molecule has 0 aliphatic carbocycles. The lowest BCUT2D eigenvalue weighted by Gasteiger charge is -2.02. The molecule has 0 atom stereocenters. The Kier molecular flexibility index (Phi) is 3.56. The van der Waals surface area contributed by atoms with Crippen molar-refractivity contribution in [2.24, 2.45) is 7.05 Å². The Bertz CT molecular complexity index is 619. The van der Waals surface area contributed by atoms with Gasteiger partial charge in [-0.15, -0.1) is 0 Å². The lowest BCUT2D eigenvalue weighted by atomic mass is 10.2. The van der Waals surface area contributed by atoms with Crippen LogP contribution in [0, 0.1) is 15.3 Å². The maximum absolute atomic E-state index is 11.8. The van der Waals surface area contributed by atoms with Crippen molar-refractivity contribution in [3.63, 3.8) is 0 Å². The Morgan fingerprint density at radius 1 is 1.32 bits per heavy atom. The fourth-order valence-corrected chi connectivity index (χ4v) is 1.64. The number of nitrogens with zero attached hydrogens (tertiary/aromatic N) is 4. The molecule has 0 aliphatic rings. The van der Waals surface area contributed by atoms with Crippen LogP contribution in [0.1, 0.15) is 11.4 Å². The third-order valence-electron chi connectivity index (χ3n) is 2.63. The van der Waals surface area contributed by atoms with Gasteiger partial charge in [0.2, 0.25) is 6.21 Å². The number of aromatic nitrogens is 2. The second kappa shape index (κ2) is 5.30. The standard InChI is InChI=1S/C12H12N4O3/c1-14-11(13-7-12(14)16(18)19)9-15(17)8-10-5-3-2-4-6-10/h2-7,9H,8H2,1H3. The van der Waals surface area contributed by atoms with E-state index in [0.717, 1.165) is 11.8 Å². The Labute approximate surface area is 109 Å². The zero-order valence-electron chi connectivity index (χ0n) is 10.3. The van der Waals surface area contributed by atoms with E-state index >= 15 is 0 Å². The van der Waals surface area contributed by atoms with Gasteiger partial charge in [0.1, 0.15) is 6.20 Å². The van der Waals surface area contributed by atoms with Crippen LogP contribution in [0.2, 0.25) is 0 Å². The highest BCUT2D eigenvalue weighted by atomic mass is 16.6. The highest BCUT2D eigenvalue weighted by Gasteiger charge is 2.17. The summed E-state index contributed by atoms with van der Waals surface area (Å²) in [5.41, 5.74) is 0.859. The third kappa shape index (κ3) is 2.95. The predicted octanol–water partition coefficient (Wildman–Crippen LogP) is 1.46. The SMILES string of the molecule is Cn1c([N+](=O)[O-])cnc1C=[N+]([O-])Cc1ccccc1. The van der Waals surface area contributed by atoms with Gasteiger partial charge in [-0.2, -0.15) is 0 Å². The molecule has 0 unspecified atom stereocenters. The summed E-state index contributed by atoms with van der Waals surface area (Å²) in [4.78, 5) is 13.9. The molecule has 2 rings (SSSR count). The molecule has 1 aromatic heterocycles. The fraction of sp³-hybridized carbons (Fsp3) is 0.167. The summed E-state index contributed by atoms with van der Waals surface area (Å²) in [6, 6.07) is 9.22. The highest BCUT2D eigenvalue weighted by molar-refractivity contribution is 5.71. The Hall–Kier alpha value is -2.70. The predicted molar refractivity (Wildman–Crippen MR) is 68.8 cm³/mol. The first kappa shape index (κ1) is 12.7. The lowest BCUT2D eigenvalue weighted by molar-refractivity contribution is -0.469. The maximum atomic E-state index is 11.8. The number of imidazole rings is 1. The fourth-order valence-electron chi connectivity index (χ4n) is 1.64. The Morgan fingerprint density at radius 2 is 2.00 bits per heavy atom. The van der Waals surface area contributed by atoms with E-state index in [9.17, 15) is 15.3 Å². The molecule has 0 bridgehead atoms. The molecule has 98 valence electrons. The van der Waals surface area contributed by atoms with Gasteiger partial charge < -0.3 is 15.3 Å². The quantitative estimate of drug-likeness (QED) is 0.274. The van der Waals surface area contributed by atoms with Gasteiger partial charge in [-0.05, 0) is 4.92 Å². The van der Waals surface area contributed by atoms with Gasteiger partial charge in [-0.1, -0.05) is 30.3 Å². The van der Waals surface area contributed by atoms with Gasteiger partial charge in [0.15, 0.2) is 6.54 Å². The molecular weight excluding hydrogens is 248 g/mol. The highest BCUT2D eigenvalue weighted by Crippen LogP contribution is 2.10. The molecule has 0 amide bonds. The smallest absolute Gasteiger partial charge is 0.343 e. The van der Waals surface area contributed by atoms with Crippen molar-refractivity contribution in [2.75, 3.05) is 0 Å². The minimum absolute atomic E-state index is 0.153. The Balaban J connectivity index is 2.19. The van der Waals surface area contributed by atoms with E-state index in [4.69, 9.17) is 0 Å². The van der Waals surface area contributed by atoms with Crippen LogP contribution in [0.15, 0.2) is 36.5 Å². The van der Waals surface area contributed by atoms with Crippen LogP contribution in [-0.2, 0) is 13.6 Å². The van der Waals surface area contributed by atoms with Crippen molar-refractivity contribution in [3.05, 3.63) is 63.2 Å². The minimum Gasteiger partial charge on any atom is -0.623 e. The van der Waals surface area contributed by atoms with Crippen LogP contribution < -0.4 is 0 Å². The van der Waals surface area contributed by atoms with Crippen molar-refractivity contribution < 1.29 is 9.66 Å². The summed E-state index contributed by atoms with van der Waals surface area (Å²) < 4.78 is 1.96. The van der Waals surface area contributed by atoms with Crippen molar-refractivity contribution in [1.29, 1.82) is 0 Å². The first-order valence-electron chi connectivity index (χ1n) is 5.56. The largest absolute Gasteiger partial charge is 0.623 e. The maximum Gasteiger partial charge on any atom is 0.343 e. The lowest BCUT2D eigenvalue weighted by Crippen LogP contribution is -2.10. The van der Waals surface area contributed by atoms with Crippen LogP contribution in [-0.4, -0.2) is 25.4 Å². The average molecular weight is 260 g/mol. The number of hydrogen-bond donors (Lipinski definition) is 0. The third-order valence-corrected chi connectivity index (χ3v) is 2.63. The van der Waals surface area contributed by atoms with Crippen LogP contribution in [0.25, 0.3) is 0 Å². The van der Waals surface area contributed by atoms with E-state index in [0.29, 0.717) is 4.74 Å². The van der Waals surface area contributed by atoms with E-state index in [1.54, 1.807) is 0 Å². The van der Waals surface area contributed by atoms with Crippen molar-refractivity contribution in [3.8, 4) is 0 Å². The van der Waals surface area contributed by atoms with Gasteiger partial charge in [0.05, 0.1) is 7.05 Å². The second-order valence-corrected chi connectivity index (χ2v) is 3.98. The molecule has 0 fully saturated rings. The summed E-state index contributed by atoms with van der Waals surface area (Å²) in [7, 11) is 1.49. The summed E-state index contributed by atoms with van der Waals surface area (Å²) in [6.07, 6.45) is 2.36. The molecule has 1 aromatic carbocycles. The van der Waals surface area contributed by atoms with E-state index in [1.165, 1.54) is 17.8 Å². The number of hydrogen-bond acceptors (Lipinski definition) is 4. The molecule has 0 saturated heterocycles. The molecule has 0 saturated carbocycles. The van der Waals surface area contributed by atoms with Crippen molar-refractivity contribution in [1.82, 2.24) is 9.55 Å². The molecule has 2 aromatic rings. The zero-order chi connectivity index (χ0) is 13.8. The molecule has 0 N–H and O–H groups in total. The number of rotatable bonds is 4. The Morgan fingerprint density at radius 3 is 2.58 bits per heavy atom. The molecule has 0 aliphatic heterocycles. The molecule has 7 heteroatoms. The zero-order valence-corrected chi connectivity index (χ0v) is 10.3. The molecule has 0 spiro atoms. The molecule has 0 radical (unpaired) electrons.